The molecule has 1 aliphatic carbocycles. The highest BCUT2D eigenvalue weighted by Gasteiger charge is 2.20. The lowest BCUT2D eigenvalue weighted by atomic mass is 9.86. The third-order valence-electron chi connectivity index (χ3n) is 4.75. The molecule has 24 heavy (non-hydrogen) atoms. The van der Waals surface area contributed by atoms with Gasteiger partial charge in [0.2, 0.25) is 0 Å². The molecule has 1 fully saturated rings. The van der Waals surface area contributed by atoms with Crippen LogP contribution in [0, 0.1) is 17.2 Å². The van der Waals surface area contributed by atoms with Crippen molar-refractivity contribution in [1.82, 2.24) is 5.32 Å². The zero-order chi connectivity index (χ0) is 17.5. The van der Waals surface area contributed by atoms with Crippen LogP contribution in [0.1, 0.15) is 57.9 Å². The Kier molecular flexibility index (Phi) is 6.43. The summed E-state index contributed by atoms with van der Waals surface area (Å²) >= 11 is 0. The Hall–Kier alpha value is -2.28. The number of benzene rings is 1. The Bertz CT molecular complexity index is 643. The number of amides is 1. The van der Waals surface area contributed by atoms with Gasteiger partial charge in [-0.2, -0.15) is 5.26 Å². The zero-order valence-corrected chi connectivity index (χ0v) is 14.8. The first-order chi connectivity index (χ1) is 11.5. The molecule has 0 saturated heterocycles. The van der Waals surface area contributed by atoms with Crippen LogP contribution in [-0.2, 0) is 4.79 Å². The summed E-state index contributed by atoms with van der Waals surface area (Å²) in [4.78, 5) is 12.4. The van der Waals surface area contributed by atoms with E-state index in [1.165, 1.54) is 19.3 Å². The van der Waals surface area contributed by atoms with Gasteiger partial charge in [0.25, 0.3) is 5.91 Å². The predicted octanol–water partition coefficient (Wildman–Crippen LogP) is 4.32. The quantitative estimate of drug-likeness (QED) is 0.626. The molecule has 2 N–H and O–H groups in total. The van der Waals surface area contributed by atoms with Crippen molar-refractivity contribution in [2.24, 2.45) is 5.92 Å². The Morgan fingerprint density at radius 3 is 2.67 bits per heavy atom. The van der Waals surface area contributed by atoms with E-state index in [-0.39, 0.29) is 11.5 Å². The lowest BCUT2D eigenvalue weighted by Crippen LogP contribution is -2.34. The summed E-state index contributed by atoms with van der Waals surface area (Å²) in [5, 5.41) is 15.5. The van der Waals surface area contributed by atoms with E-state index in [1.54, 1.807) is 6.20 Å². The second-order valence-electron chi connectivity index (χ2n) is 6.90. The van der Waals surface area contributed by atoms with E-state index in [0.717, 1.165) is 17.7 Å². The van der Waals surface area contributed by atoms with E-state index < -0.39 is 0 Å². The Balaban J connectivity index is 2.06. The monoisotopic (exact) mass is 325 g/mol. The largest absolute Gasteiger partial charge is 0.387 e. The summed E-state index contributed by atoms with van der Waals surface area (Å²) in [5.74, 6) is 0.512. The van der Waals surface area contributed by atoms with Gasteiger partial charge in [-0.15, -0.1) is 0 Å². The number of hydrogen-bond acceptors (Lipinski definition) is 3. The highest BCUT2D eigenvalue weighted by molar-refractivity contribution is 6.06. The maximum absolute atomic E-state index is 12.4. The minimum atomic E-state index is -0.360. The van der Waals surface area contributed by atoms with Gasteiger partial charge in [-0.3, -0.25) is 4.79 Å². The lowest BCUT2D eigenvalue weighted by molar-refractivity contribution is -0.112. The molecule has 0 heterocycles. The van der Waals surface area contributed by atoms with Crippen molar-refractivity contribution in [3.63, 3.8) is 0 Å². The molecule has 128 valence electrons. The third kappa shape index (κ3) is 4.61. The van der Waals surface area contributed by atoms with E-state index in [4.69, 9.17) is 0 Å². The van der Waals surface area contributed by atoms with Gasteiger partial charge >= 0.3 is 0 Å². The first-order valence-electron chi connectivity index (χ1n) is 8.79. The molecule has 0 aromatic heterocycles. The molecule has 0 radical (unpaired) electrons. The molecular weight excluding hydrogens is 298 g/mol. The van der Waals surface area contributed by atoms with Crippen LogP contribution < -0.4 is 10.6 Å². The van der Waals surface area contributed by atoms with Crippen molar-refractivity contribution in [3.05, 3.63) is 41.6 Å². The van der Waals surface area contributed by atoms with Crippen molar-refractivity contribution in [2.75, 3.05) is 5.32 Å². The van der Waals surface area contributed by atoms with E-state index in [1.807, 2.05) is 30.3 Å². The topological polar surface area (TPSA) is 64.9 Å². The molecule has 1 aromatic rings. The number of nitrogens with zero attached hydrogens (tertiary/aromatic N) is 1. The Morgan fingerprint density at radius 2 is 2.00 bits per heavy atom. The van der Waals surface area contributed by atoms with Crippen LogP contribution in [0.15, 0.2) is 36.0 Å². The second kappa shape index (κ2) is 8.54. The third-order valence-corrected chi connectivity index (χ3v) is 4.75. The smallest absolute Gasteiger partial charge is 0.267 e. The van der Waals surface area contributed by atoms with Gasteiger partial charge < -0.3 is 10.6 Å². The molecule has 2 unspecified atom stereocenters. The van der Waals surface area contributed by atoms with Crippen molar-refractivity contribution >= 4 is 11.6 Å². The predicted molar refractivity (Wildman–Crippen MR) is 97.4 cm³/mol. The zero-order valence-electron chi connectivity index (χ0n) is 14.8. The summed E-state index contributed by atoms with van der Waals surface area (Å²) in [5.41, 5.74) is 1.95. The molecule has 0 aliphatic heterocycles. The molecular formula is C20H27N3O. The summed E-state index contributed by atoms with van der Waals surface area (Å²) in [6.07, 6.45) is 6.33. The van der Waals surface area contributed by atoms with E-state index in [0.29, 0.717) is 17.9 Å². The number of nitriles is 1. The van der Waals surface area contributed by atoms with E-state index in [9.17, 15) is 10.1 Å². The van der Waals surface area contributed by atoms with Crippen LogP contribution in [0.2, 0.25) is 0 Å². The average Bonchev–Trinajstić information content (AvgIpc) is 2.57. The maximum atomic E-state index is 12.4. The SMILES string of the molecule is CC(C)c1ccccc1NC(=O)/C(C#N)=C\NC1CCCCC1C. The molecule has 1 saturated carbocycles. The summed E-state index contributed by atoms with van der Waals surface area (Å²) in [7, 11) is 0. The molecule has 0 bridgehead atoms. The molecule has 0 spiro atoms. The van der Waals surface area contributed by atoms with E-state index >= 15 is 0 Å². The maximum Gasteiger partial charge on any atom is 0.267 e. The van der Waals surface area contributed by atoms with Gasteiger partial charge in [0.05, 0.1) is 0 Å². The summed E-state index contributed by atoms with van der Waals surface area (Å²) in [6.45, 7) is 6.38. The number of para-hydroxylation sites is 1. The highest BCUT2D eigenvalue weighted by atomic mass is 16.1. The average molecular weight is 325 g/mol. The number of hydrogen-bond donors (Lipinski definition) is 2. The molecule has 2 atom stereocenters. The van der Waals surface area contributed by atoms with Crippen molar-refractivity contribution in [1.29, 1.82) is 5.26 Å². The van der Waals surface area contributed by atoms with Gasteiger partial charge in [0, 0.05) is 17.9 Å². The number of anilines is 1. The molecule has 4 heteroatoms. The number of carbonyl (C=O) groups excluding carboxylic acids is 1. The van der Waals surface area contributed by atoms with Crippen molar-refractivity contribution < 1.29 is 4.79 Å². The normalized spacial score (nSPS) is 21.2. The highest BCUT2D eigenvalue weighted by Crippen LogP contribution is 2.25. The van der Waals surface area contributed by atoms with Crippen LogP contribution in [0.5, 0.6) is 0 Å². The minimum Gasteiger partial charge on any atom is -0.387 e. The standard InChI is InChI=1S/C20H27N3O/c1-14(2)17-9-5-7-11-19(17)23-20(24)16(12-21)13-22-18-10-6-4-8-15(18)3/h5,7,9,11,13-15,18,22H,4,6,8,10H2,1-3H3,(H,23,24)/b16-13-. The second-order valence-corrected chi connectivity index (χ2v) is 6.90. The fraction of sp³-hybridized carbons (Fsp3) is 0.500. The molecule has 1 aromatic carbocycles. The van der Waals surface area contributed by atoms with Gasteiger partial charge in [-0.25, -0.2) is 0 Å². The molecule has 1 aliphatic rings. The van der Waals surface area contributed by atoms with Gasteiger partial charge in [0.15, 0.2) is 0 Å². The fourth-order valence-corrected chi connectivity index (χ4v) is 3.21. The van der Waals surface area contributed by atoms with Crippen LogP contribution in [0.3, 0.4) is 0 Å². The van der Waals surface area contributed by atoms with E-state index in [2.05, 4.69) is 31.4 Å². The first kappa shape index (κ1) is 18.1. The summed E-state index contributed by atoms with van der Waals surface area (Å²) in [6, 6.07) is 10.1. The Morgan fingerprint density at radius 1 is 1.29 bits per heavy atom. The lowest BCUT2D eigenvalue weighted by Gasteiger charge is -2.29. The summed E-state index contributed by atoms with van der Waals surface area (Å²) < 4.78 is 0. The van der Waals surface area contributed by atoms with Crippen LogP contribution >= 0.6 is 0 Å². The molecule has 4 nitrogen and oxygen atoms in total. The Labute approximate surface area is 144 Å². The van der Waals surface area contributed by atoms with Crippen LogP contribution in [-0.4, -0.2) is 11.9 Å². The van der Waals surface area contributed by atoms with Crippen LogP contribution in [0.4, 0.5) is 5.69 Å². The number of carbonyl (C=O) groups is 1. The van der Waals surface area contributed by atoms with Gasteiger partial charge in [-0.1, -0.05) is 51.8 Å². The number of rotatable bonds is 5. The fourth-order valence-electron chi connectivity index (χ4n) is 3.21. The molecule has 2 rings (SSSR count). The first-order valence-corrected chi connectivity index (χ1v) is 8.79. The van der Waals surface area contributed by atoms with Crippen LogP contribution in [0.25, 0.3) is 0 Å². The minimum absolute atomic E-state index is 0.117. The number of nitrogens with one attached hydrogen (secondary N) is 2. The van der Waals surface area contributed by atoms with Crippen molar-refractivity contribution in [3.8, 4) is 6.07 Å². The molecule has 1 amide bonds. The van der Waals surface area contributed by atoms with Gasteiger partial charge in [0.1, 0.15) is 11.6 Å². The van der Waals surface area contributed by atoms with Crippen molar-refractivity contribution in [2.45, 2.75) is 58.4 Å². The van der Waals surface area contributed by atoms with Gasteiger partial charge in [-0.05, 0) is 36.3 Å².